The molecular formula is C16H25N3O. The number of aromatic nitrogens is 2. The van der Waals surface area contributed by atoms with Crippen LogP contribution in [0.3, 0.4) is 0 Å². The van der Waals surface area contributed by atoms with Gasteiger partial charge in [-0.3, -0.25) is 4.79 Å². The van der Waals surface area contributed by atoms with Gasteiger partial charge < -0.3 is 9.47 Å². The van der Waals surface area contributed by atoms with E-state index in [-0.39, 0.29) is 0 Å². The van der Waals surface area contributed by atoms with Crippen molar-refractivity contribution < 1.29 is 4.79 Å². The van der Waals surface area contributed by atoms with Gasteiger partial charge in [0.15, 0.2) is 0 Å². The second-order valence-corrected chi connectivity index (χ2v) is 6.36. The Balaban J connectivity index is 1.52. The van der Waals surface area contributed by atoms with E-state index in [0.717, 1.165) is 38.3 Å². The Morgan fingerprint density at radius 3 is 2.95 bits per heavy atom. The van der Waals surface area contributed by atoms with E-state index in [1.807, 2.05) is 18.3 Å². The van der Waals surface area contributed by atoms with Gasteiger partial charge in [0.25, 0.3) is 0 Å². The molecule has 1 saturated carbocycles. The Kier molecular flexibility index (Phi) is 4.08. The second-order valence-electron chi connectivity index (χ2n) is 6.36. The van der Waals surface area contributed by atoms with Crippen LogP contribution in [0.5, 0.6) is 0 Å². The lowest BCUT2D eigenvalue weighted by Crippen LogP contribution is -2.36. The van der Waals surface area contributed by atoms with Crippen molar-refractivity contribution in [2.24, 2.45) is 13.0 Å². The van der Waals surface area contributed by atoms with Crippen molar-refractivity contribution in [1.29, 1.82) is 0 Å². The highest BCUT2D eigenvalue weighted by atomic mass is 16.2. The Labute approximate surface area is 121 Å². The number of carbonyl (C=O) groups excluding carboxylic acids is 1. The van der Waals surface area contributed by atoms with E-state index >= 15 is 0 Å². The Bertz CT molecular complexity index is 474. The molecule has 0 N–H and O–H groups in total. The van der Waals surface area contributed by atoms with Crippen LogP contribution in [-0.2, 0) is 24.8 Å². The third-order valence-corrected chi connectivity index (χ3v) is 4.95. The molecule has 0 aromatic carbocycles. The maximum Gasteiger partial charge on any atom is 0.222 e. The summed E-state index contributed by atoms with van der Waals surface area (Å²) in [4.78, 5) is 18.8. The number of carbonyl (C=O) groups is 1. The van der Waals surface area contributed by atoms with E-state index in [1.165, 1.54) is 43.5 Å². The number of amides is 1. The van der Waals surface area contributed by atoms with Gasteiger partial charge in [-0.15, -0.1) is 0 Å². The molecule has 0 bridgehead atoms. The standard InChI is InChI=1S/C16H25N3O/c1-18-12-17-14-9-10-19(11-15(14)18)16(20)8-7-13-5-3-2-4-6-13/h12-13H,2-11H2,1H3. The maximum absolute atomic E-state index is 12.4. The number of hydrogen-bond donors (Lipinski definition) is 0. The molecule has 4 heteroatoms. The van der Waals surface area contributed by atoms with Gasteiger partial charge in [-0.25, -0.2) is 4.98 Å². The first-order valence-electron chi connectivity index (χ1n) is 8.01. The zero-order chi connectivity index (χ0) is 13.9. The summed E-state index contributed by atoms with van der Waals surface area (Å²) >= 11 is 0. The van der Waals surface area contributed by atoms with E-state index in [0.29, 0.717) is 5.91 Å². The smallest absolute Gasteiger partial charge is 0.222 e. The van der Waals surface area contributed by atoms with E-state index in [1.54, 1.807) is 0 Å². The molecule has 0 radical (unpaired) electrons. The lowest BCUT2D eigenvalue weighted by atomic mass is 9.86. The van der Waals surface area contributed by atoms with Crippen molar-refractivity contribution in [1.82, 2.24) is 14.5 Å². The van der Waals surface area contributed by atoms with Crippen molar-refractivity contribution in [3.8, 4) is 0 Å². The second kappa shape index (κ2) is 5.98. The molecule has 1 aliphatic carbocycles. The topological polar surface area (TPSA) is 38.1 Å². The lowest BCUT2D eigenvalue weighted by molar-refractivity contribution is -0.132. The summed E-state index contributed by atoms with van der Waals surface area (Å²) in [6, 6.07) is 0. The van der Waals surface area contributed by atoms with Gasteiger partial charge >= 0.3 is 0 Å². The Hall–Kier alpha value is -1.32. The highest BCUT2D eigenvalue weighted by Gasteiger charge is 2.24. The van der Waals surface area contributed by atoms with E-state index in [9.17, 15) is 4.79 Å². The van der Waals surface area contributed by atoms with Crippen LogP contribution >= 0.6 is 0 Å². The Morgan fingerprint density at radius 1 is 1.35 bits per heavy atom. The quantitative estimate of drug-likeness (QED) is 0.850. The van der Waals surface area contributed by atoms with Crippen LogP contribution < -0.4 is 0 Å². The van der Waals surface area contributed by atoms with Gasteiger partial charge in [-0.05, 0) is 12.3 Å². The van der Waals surface area contributed by atoms with Crippen LogP contribution in [0.4, 0.5) is 0 Å². The normalized spacial score (nSPS) is 19.9. The van der Waals surface area contributed by atoms with Gasteiger partial charge in [-0.2, -0.15) is 0 Å². The van der Waals surface area contributed by atoms with Crippen LogP contribution in [0.2, 0.25) is 0 Å². The summed E-state index contributed by atoms with van der Waals surface area (Å²) < 4.78 is 2.05. The molecule has 4 nitrogen and oxygen atoms in total. The first kappa shape index (κ1) is 13.7. The summed E-state index contributed by atoms with van der Waals surface area (Å²) in [6.07, 6.45) is 11.4. The number of aryl methyl sites for hydroxylation is 1. The lowest BCUT2D eigenvalue weighted by Gasteiger charge is -2.28. The van der Waals surface area contributed by atoms with Crippen LogP contribution in [0.25, 0.3) is 0 Å². The van der Waals surface area contributed by atoms with Gasteiger partial charge in [0, 0.05) is 26.4 Å². The number of hydrogen-bond acceptors (Lipinski definition) is 2. The third kappa shape index (κ3) is 2.89. The van der Waals surface area contributed by atoms with Crippen molar-refractivity contribution in [2.75, 3.05) is 6.54 Å². The van der Waals surface area contributed by atoms with Crippen molar-refractivity contribution in [3.05, 3.63) is 17.7 Å². The van der Waals surface area contributed by atoms with Crippen molar-refractivity contribution in [3.63, 3.8) is 0 Å². The highest BCUT2D eigenvalue weighted by molar-refractivity contribution is 5.76. The molecule has 0 unspecified atom stereocenters. The fraction of sp³-hybridized carbons (Fsp3) is 0.750. The third-order valence-electron chi connectivity index (χ3n) is 4.95. The number of rotatable bonds is 3. The molecule has 0 spiro atoms. The maximum atomic E-state index is 12.4. The Morgan fingerprint density at radius 2 is 2.15 bits per heavy atom. The molecule has 1 fully saturated rings. The zero-order valence-electron chi connectivity index (χ0n) is 12.5. The van der Waals surface area contributed by atoms with E-state index in [2.05, 4.69) is 9.55 Å². The molecule has 2 aliphatic rings. The van der Waals surface area contributed by atoms with E-state index in [4.69, 9.17) is 0 Å². The van der Waals surface area contributed by atoms with Gasteiger partial charge in [0.05, 0.1) is 24.3 Å². The van der Waals surface area contributed by atoms with Gasteiger partial charge in [0.1, 0.15) is 0 Å². The minimum Gasteiger partial charge on any atom is -0.336 e. The largest absolute Gasteiger partial charge is 0.336 e. The van der Waals surface area contributed by atoms with E-state index < -0.39 is 0 Å². The molecule has 2 heterocycles. The number of nitrogens with zero attached hydrogens (tertiary/aromatic N) is 3. The molecule has 1 aromatic rings. The summed E-state index contributed by atoms with van der Waals surface area (Å²) in [5, 5.41) is 0. The molecule has 1 amide bonds. The molecule has 0 saturated heterocycles. The fourth-order valence-electron chi connectivity index (χ4n) is 3.59. The minimum absolute atomic E-state index is 0.336. The minimum atomic E-state index is 0.336. The van der Waals surface area contributed by atoms with Gasteiger partial charge in [-0.1, -0.05) is 32.1 Å². The molecule has 110 valence electrons. The predicted octanol–water partition coefficient (Wildman–Crippen LogP) is 2.67. The zero-order valence-corrected chi connectivity index (χ0v) is 12.5. The fourth-order valence-corrected chi connectivity index (χ4v) is 3.59. The monoisotopic (exact) mass is 275 g/mol. The number of imidazole rings is 1. The molecule has 1 aliphatic heterocycles. The highest BCUT2D eigenvalue weighted by Crippen LogP contribution is 2.28. The van der Waals surface area contributed by atoms with Gasteiger partial charge in [0.2, 0.25) is 5.91 Å². The van der Waals surface area contributed by atoms with Crippen LogP contribution in [0.15, 0.2) is 6.33 Å². The average molecular weight is 275 g/mol. The van der Waals surface area contributed by atoms with Crippen molar-refractivity contribution in [2.45, 2.75) is 57.9 Å². The molecule has 20 heavy (non-hydrogen) atoms. The first-order valence-corrected chi connectivity index (χ1v) is 8.01. The molecule has 0 atom stereocenters. The predicted molar refractivity (Wildman–Crippen MR) is 78.1 cm³/mol. The van der Waals surface area contributed by atoms with Crippen LogP contribution in [-0.4, -0.2) is 26.9 Å². The molecule has 3 rings (SSSR count). The SMILES string of the molecule is Cn1cnc2c1CN(C(=O)CCC1CCCCC1)CC2. The average Bonchev–Trinajstić information content (AvgIpc) is 2.87. The first-order chi connectivity index (χ1) is 9.74. The molecular weight excluding hydrogens is 250 g/mol. The molecule has 1 aromatic heterocycles. The summed E-state index contributed by atoms with van der Waals surface area (Å²) in [7, 11) is 2.02. The summed E-state index contributed by atoms with van der Waals surface area (Å²) in [6.45, 7) is 1.59. The summed E-state index contributed by atoms with van der Waals surface area (Å²) in [5.74, 6) is 1.13. The van der Waals surface area contributed by atoms with Crippen LogP contribution in [0.1, 0.15) is 56.3 Å². The van der Waals surface area contributed by atoms with Crippen molar-refractivity contribution >= 4 is 5.91 Å². The summed E-state index contributed by atoms with van der Waals surface area (Å²) in [5.41, 5.74) is 2.38. The number of fused-ring (bicyclic) bond motifs is 1. The van der Waals surface area contributed by atoms with Crippen LogP contribution in [0, 0.1) is 5.92 Å².